The second-order valence-corrected chi connectivity index (χ2v) is 5.80. The van der Waals surface area contributed by atoms with Gasteiger partial charge >= 0.3 is 0 Å². The predicted octanol–water partition coefficient (Wildman–Crippen LogP) is 3.66. The van der Waals surface area contributed by atoms with Crippen LogP contribution in [0.4, 0.5) is 5.82 Å². The third-order valence-electron chi connectivity index (χ3n) is 3.98. The Bertz CT molecular complexity index is 614. The van der Waals surface area contributed by atoms with Gasteiger partial charge in [-0.15, -0.1) is 0 Å². The smallest absolute Gasteiger partial charge is 0.153 e. The number of nitrogens with one attached hydrogen (secondary N) is 1. The normalized spacial score (nSPS) is 11.7. The van der Waals surface area contributed by atoms with E-state index < -0.39 is 0 Å². The topological polar surface area (TPSA) is 63.9 Å². The van der Waals surface area contributed by atoms with Gasteiger partial charge in [0.25, 0.3) is 0 Å². The predicted molar refractivity (Wildman–Crippen MR) is 83.0 cm³/mol. The van der Waals surface area contributed by atoms with E-state index in [1.807, 2.05) is 12.1 Å². The van der Waals surface area contributed by atoms with Crippen LogP contribution in [0.2, 0.25) is 0 Å². The molecule has 0 aliphatic carbocycles. The van der Waals surface area contributed by atoms with Crippen LogP contribution in [0.1, 0.15) is 38.4 Å². The van der Waals surface area contributed by atoms with Crippen LogP contribution in [0, 0.1) is 6.92 Å². The molecule has 0 atom stereocenters. The number of ether oxygens (including phenoxy) is 1. The minimum atomic E-state index is -0.0191. The van der Waals surface area contributed by atoms with E-state index in [2.05, 4.69) is 44.0 Å². The van der Waals surface area contributed by atoms with Crippen molar-refractivity contribution in [1.29, 1.82) is 0 Å². The number of hydrogen-bond acceptors (Lipinski definition) is 3. The molecule has 0 radical (unpaired) electrons. The average molecular weight is 273 g/mol. The number of nitrogens with two attached hydrogens (primary N) is 1. The molecule has 1 heterocycles. The minimum absolute atomic E-state index is 0.0191. The number of aromatic nitrogens is 2. The van der Waals surface area contributed by atoms with Gasteiger partial charge in [0.2, 0.25) is 0 Å². The second-order valence-electron chi connectivity index (χ2n) is 5.80. The first-order chi connectivity index (χ1) is 9.40. The van der Waals surface area contributed by atoms with Gasteiger partial charge < -0.3 is 10.5 Å². The van der Waals surface area contributed by atoms with Gasteiger partial charge in [0.15, 0.2) is 5.82 Å². The number of anilines is 1. The van der Waals surface area contributed by atoms with Crippen molar-refractivity contribution in [3.8, 4) is 16.9 Å². The molecule has 4 heteroatoms. The van der Waals surface area contributed by atoms with E-state index in [0.717, 1.165) is 29.0 Å². The summed E-state index contributed by atoms with van der Waals surface area (Å²) in [4.78, 5) is 0. The van der Waals surface area contributed by atoms with Crippen molar-refractivity contribution in [2.45, 2.75) is 39.5 Å². The number of benzene rings is 1. The summed E-state index contributed by atoms with van der Waals surface area (Å²) in [5, 5.41) is 7.31. The molecule has 0 fully saturated rings. The highest BCUT2D eigenvalue weighted by Gasteiger charge is 2.27. The van der Waals surface area contributed by atoms with Gasteiger partial charge in [-0.05, 0) is 25.5 Å². The molecular weight excluding hydrogens is 250 g/mol. The van der Waals surface area contributed by atoms with Gasteiger partial charge in [0.05, 0.1) is 18.4 Å². The van der Waals surface area contributed by atoms with Crippen LogP contribution >= 0.6 is 0 Å². The zero-order valence-corrected chi connectivity index (χ0v) is 12.9. The fourth-order valence-corrected chi connectivity index (χ4v) is 2.31. The molecule has 0 amide bonds. The Morgan fingerprint density at radius 2 is 2.05 bits per heavy atom. The number of aryl methyl sites for hydroxylation is 1. The lowest BCUT2D eigenvalue weighted by Gasteiger charge is -2.23. The van der Waals surface area contributed by atoms with E-state index in [0.29, 0.717) is 5.82 Å². The maximum atomic E-state index is 6.10. The molecule has 1 aromatic heterocycles. The lowest BCUT2D eigenvalue weighted by molar-refractivity contribution is 0.416. The number of nitrogens with zero attached hydrogens (tertiary/aromatic N) is 1. The van der Waals surface area contributed by atoms with Crippen LogP contribution in [0.15, 0.2) is 18.2 Å². The van der Waals surface area contributed by atoms with Crippen molar-refractivity contribution < 1.29 is 4.74 Å². The number of methoxy groups -OCH3 is 1. The van der Waals surface area contributed by atoms with E-state index >= 15 is 0 Å². The SMILES string of the molecule is CCC(C)(C)c1[nH]nc(N)c1-c1cc(C)ccc1OC. The van der Waals surface area contributed by atoms with Crippen LogP contribution < -0.4 is 10.5 Å². The number of hydrogen-bond donors (Lipinski definition) is 2. The van der Waals surface area contributed by atoms with Crippen LogP contribution in [-0.2, 0) is 5.41 Å². The Hall–Kier alpha value is -1.97. The van der Waals surface area contributed by atoms with E-state index in [1.54, 1.807) is 7.11 Å². The Morgan fingerprint density at radius 3 is 2.65 bits per heavy atom. The zero-order valence-electron chi connectivity index (χ0n) is 12.9. The Morgan fingerprint density at radius 1 is 1.35 bits per heavy atom. The lowest BCUT2D eigenvalue weighted by atomic mass is 9.82. The van der Waals surface area contributed by atoms with Crippen LogP contribution in [0.3, 0.4) is 0 Å². The highest BCUT2D eigenvalue weighted by atomic mass is 16.5. The Balaban J connectivity index is 2.70. The molecule has 0 saturated carbocycles. The van der Waals surface area contributed by atoms with Gasteiger partial charge in [-0.25, -0.2) is 0 Å². The maximum Gasteiger partial charge on any atom is 0.153 e. The second kappa shape index (κ2) is 5.19. The van der Waals surface area contributed by atoms with Gasteiger partial charge in [0, 0.05) is 11.0 Å². The molecule has 2 aromatic rings. The number of aromatic amines is 1. The average Bonchev–Trinajstić information content (AvgIpc) is 2.81. The van der Waals surface area contributed by atoms with Crippen LogP contribution in [0.25, 0.3) is 11.1 Å². The van der Waals surface area contributed by atoms with Gasteiger partial charge in [-0.2, -0.15) is 5.10 Å². The molecule has 0 aliphatic heterocycles. The third kappa shape index (κ3) is 2.38. The van der Waals surface area contributed by atoms with E-state index in [9.17, 15) is 0 Å². The molecule has 2 rings (SSSR count). The molecule has 0 unspecified atom stereocenters. The molecule has 0 saturated heterocycles. The highest BCUT2D eigenvalue weighted by Crippen LogP contribution is 2.41. The first-order valence-electron chi connectivity index (χ1n) is 6.90. The maximum absolute atomic E-state index is 6.10. The minimum Gasteiger partial charge on any atom is -0.496 e. The zero-order chi connectivity index (χ0) is 14.9. The molecule has 0 bridgehead atoms. The fourth-order valence-electron chi connectivity index (χ4n) is 2.31. The monoisotopic (exact) mass is 273 g/mol. The Labute approximate surface area is 120 Å². The van der Waals surface area contributed by atoms with E-state index in [4.69, 9.17) is 10.5 Å². The molecule has 108 valence electrons. The molecular formula is C16H23N3O. The van der Waals surface area contributed by atoms with Gasteiger partial charge in [0.1, 0.15) is 5.75 Å². The molecule has 20 heavy (non-hydrogen) atoms. The summed E-state index contributed by atoms with van der Waals surface area (Å²) >= 11 is 0. The van der Waals surface area contributed by atoms with Crippen molar-refractivity contribution in [3.05, 3.63) is 29.5 Å². The lowest BCUT2D eigenvalue weighted by Crippen LogP contribution is -2.17. The largest absolute Gasteiger partial charge is 0.496 e. The van der Waals surface area contributed by atoms with Crippen molar-refractivity contribution in [3.63, 3.8) is 0 Å². The third-order valence-corrected chi connectivity index (χ3v) is 3.98. The molecule has 0 aliphatic rings. The summed E-state index contributed by atoms with van der Waals surface area (Å²) < 4.78 is 5.48. The highest BCUT2D eigenvalue weighted by molar-refractivity contribution is 5.81. The van der Waals surface area contributed by atoms with Crippen LogP contribution in [-0.4, -0.2) is 17.3 Å². The van der Waals surface area contributed by atoms with Crippen molar-refractivity contribution in [2.75, 3.05) is 12.8 Å². The van der Waals surface area contributed by atoms with Gasteiger partial charge in [-0.3, -0.25) is 5.10 Å². The standard InChI is InChI=1S/C16H23N3O/c1-6-16(3,4)14-13(15(17)19-18-14)11-9-10(2)7-8-12(11)20-5/h7-9H,6H2,1-5H3,(H3,17,18,19). The summed E-state index contributed by atoms with van der Waals surface area (Å²) in [7, 11) is 1.68. The Kier molecular flexibility index (Phi) is 3.75. The molecule has 1 aromatic carbocycles. The first kappa shape index (κ1) is 14.4. The van der Waals surface area contributed by atoms with Crippen molar-refractivity contribution in [1.82, 2.24) is 10.2 Å². The fraction of sp³-hybridized carbons (Fsp3) is 0.438. The van der Waals surface area contributed by atoms with E-state index in [1.165, 1.54) is 5.56 Å². The van der Waals surface area contributed by atoms with Crippen LogP contribution in [0.5, 0.6) is 5.75 Å². The van der Waals surface area contributed by atoms with E-state index in [-0.39, 0.29) is 5.41 Å². The first-order valence-corrected chi connectivity index (χ1v) is 6.90. The summed E-state index contributed by atoms with van der Waals surface area (Å²) in [6, 6.07) is 6.10. The molecule has 3 N–H and O–H groups in total. The molecule has 0 spiro atoms. The van der Waals surface area contributed by atoms with Gasteiger partial charge in [-0.1, -0.05) is 32.4 Å². The number of nitrogen functional groups attached to an aromatic ring is 1. The summed E-state index contributed by atoms with van der Waals surface area (Å²) in [6.45, 7) is 8.59. The summed E-state index contributed by atoms with van der Waals surface area (Å²) in [5.41, 5.74) is 10.3. The number of rotatable bonds is 4. The summed E-state index contributed by atoms with van der Waals surface area (Å²) in [5.74, 6) is 1.34. The van der Waals surface area contributed by atoms with Crippen molar-refractivity contribution >= 4 is 5.82 Å². The summed E-state index contributed by atoms with van der Waals surface area (Å²) in [6.07, 6.45) is 0.996. The van der Waals surface area contributed by atoms with Crippen molar-refractivity contribution in [2.24, 2.45) is 0 Å². The molecule has 4 nitrogen and oxygen atoms in total. The number of H-pyrrole nitrogens is 1. The quantitative estimate of drug-likeness (QED) is 0.893.